The Balaban J connectivity index is 4.16. The first kappa shape index (κ1) is 20.4. The molecule has 0 rings (SSSR count). The van der Waals surface area contributed by atoms with Gasteiger partial charge in [0.1, 0.15) is 0 Å². The number of hydrogen-bond donors (Lipinski definition) is 2. The molecule has 4 nitrogen and oxygen atoms in total. The largest absolute Gasteiger partial charge is 0.481 e. The lowest BCUT2D eigenvalue weighted by molar-refractivity contribution is -0.142. The summed E-state index contributed by atoms with van der Waals surface area (Å²) in [6.07, 6.45) is 12.3. The summed E-state index contributed by atoms with van der Waals surface area (Å²) in [5, 5.41) is 18.4. The van der Waals surface area contributed by atoms with Crippen LogP contribution in [0.25, 0.3) is 0 Å². The maximum atomic E-state index is 11.2. The van der Waals surface area contributed by atoms with Gasteiger partial charge in [0.25, 0.3) is 0 Å². The summed E-state index contributed by atoms with van der Waals surface area (Å²) >= 11 is 0. The van der Waals surface area contributed by atoms with Crippen LogP contribution in [0.3, 0.4) is 0 Å². The van der Waals surface area contributed by atoms with E-state index in [1.54, 1.807) is 18.2 Å². The van der Waals surface area contributed by atoms with Crippen molar-refractivity contribution >= 4 is 11.9 Å². The van der Waals surface area contributed by atoms with Crippen LogP contribution in [0.2, 0.25) is 0 Å². The molecular weight excluding hydrogens is 280 g/mol. The van der Waals surface area contributed by atoms with Crippen molar-refractivity contribution in [2.45, 2.75) is 64.7 Å². The highest BCUT2D eigenvalue weighted by molar-refractivity contribution is 5.70. The molecule has 0 aliphatic rings. The fraction of sp³-hybridized carbons (Fsp3) is 0.667. The molecule has 0 radical (unpaired) electrons. The average Bonchev–Trinajstić information content (AvgIpc) is 2.47. The quantitative estimate of drug-likeness (QED) is 0.361. The van der Waals surface area contributed by atoms with E-state index in [1.165, 1.54) is 0 Å². The summed E-state index contributed by atoms with van der Waals surface area (Å²) < 4.78 is 0. The predicted octanol–water partition coefficient (Wildman–Crippen LogP) is 4.66. The molecule has 0 aliphatic carbocycles. The van der Waals surface area contributed by atoms with E-state index in [0.29, 0.717) is 32.1 Å². The second kappa shape index (κ2) is 13.1. The molecule has 0 aromatic heterocycles. The van der Waals surface area contributed by atoms with Crippen LogP contribution >= 0.6 is 0 Å². The van der Waals surface area contributed by atoms with Crippen LogP contribution < -0.4 is 0 Å². The van der Waals surface area contributed by atoms with Crippen molar-refractivity contribution in [1.82, 2.24) is 0 Å². The zero-order valence-corrected chi connectivity index (χ0v) is 13.7. The van der Waals surface area contributed by atoms with E-state index in [2.05, 4.69) is 13.5 Å². The highest BCUT2D eigenvalue weighted by atomic mass is 16.4. The first-order valence-electron chi connectivity index (χ1n) is 8.26. The zero-order valence-electron chi connectivity index (χ0n) is 13.7. The fourth-order valence-electron chi connectivity index (χ4n) is 2.50. The van der Waals surface area contributed by atoms with Crippen molar-refractivity contribution in [3.8, 4) is 0 Å². The maximum Gasteiger partial charge on any atom is 0.306 e. The lowest BCUT2D eigenvalue weighted by Crippen LogP contribution is -2.16. The van der Waals surface area contributed by atoms with Crippen molar-refractivity contribution < 1.29 is 19.8 Å². The van der Waals surface area contributed by atoms with Crippen LogP contribution in [-0.2, 0) is 9.59 Å². The Morgan fingerprint density at radius 3 is 2.09 bits per heavy atom. The number of aliphatic carboxylic acids is 2. The highest BCUT2D eigenvalue weighted by Gasteiger charge is 2.20. The normalized spacial score (nSPS) is 13.9. The van der Waals surface area contributed by atoms with E-state index in [-0.39, 0.29) is 5.92 Å². The predicted molar refractivity (Wildman–Crippen MR) is 88.8 cm³/mol. The Morgan fingerprint density at radius 1 is 0.955 bits per heavy atom. The third-order valence-electron chi connectivity index (χ3n) is 3.90. The minimum atomic E-state index is -0.816. The van der Waals surface area contributed by atoms with Gasteiger partial charge in [-0.15, -0.1) is 0 Å². The number of unbranched alkanes of at least 4 members (excludes halogenated alkanes) is 3. The molecule has 2 unspecified atom stereocenters. The molecular formula is C18H30O4. The third kappa shape index (κ3) is 10.2. The molecule has 0 heterocycles. The SMILES string of the molecule is C=CC=CCC(CCCC(CCCCCC)C(=O)O)C(=O)O. The van der Waals surface area contributed by atoms with Gasteiger partial charge in [-0.2, -0.15) is 0 Å². The number of rotatable bonds is 14. The van der Waals surface area contributed by atoms with E-state index in [9.17, 15) is 19.8 Å². The molecule has 0 aromatic carbocycles. The molecule has 4 heteroatoms. The van der Waals surface area contributed by atoms with Crippen molar-refractivity contribution in [3.63, 3.8) is 0 Å². The molecule has 0 amide bonds. The van der Waals surface area contributed by atoms with Gasteiger partial charge >= 0.3 is 11.9 Å². The smallest absolute Gasteiger partial charge is 0.306 e. The molecule has 2 atom stereocenters. The van der Waals surface area contributed by atoms with Gasteiger partial charge in [0.2, 0.25) is 0 Å². The van der Waals surface area contributed by atoms with Crippen molar-refractivity contribution in [1.29, 1.82) is 0 Å². The number of carboxylic acid groups (broad SMARTS) is 2. The van der Waals surface area contributed by atoms with Crippen molar-refractivity contribution in [3.05, 3.63) is 24.8 Å². The number of allylic oxidation sites excluding steroid dienone is 3. The van der Waals surface area contributed by atoms with Crippen LogP contribution in [-0.4, -0.2) is 22.2 Å². The van der Waals surface area contributed by atoms with Crippen LogP contribution in [0.5, 0.6) is 0 Å². The second-order valence-corrected chi connectivity index (χ2v) is 5.75. The Bertz CT molecular complexity index is 360. The van der Waals surface area contributed by atoms with Gasteiger partial charge in [-0.3, -0.25) is 9.59 Å². The summed E-state index contributed by atoms with van der Waals surface area (Å²) in [4.78, 5) is 22.4. The second-order valence-electron chi connectivity index (χ2n) is 5.75. The van der Waals surface area contributed by atoms with E-state index in [4.69, 9.17) is 0 Å². The van der Waals surface area contributed by atoms with Gasteiger partial charge in [0.05, 0.1) is 11.8 Å². The summed E-state index contributed by atoms with van der Waals surface area (Å²) in [5.74, 6) is -2.35. The number of hydrogen-bond acceptors (Lipinski definition) is 2. The van der Waals surface area contributed by atoms with Crippen LogP contribution in [0.15, 0.2) is 24.8 Å². The van der Waals surface area contributed by atoms with E-state index in [1.807, 2.05) is 0 Å². The van der Waals surface area contributed by atoms with Crippen LogP contribution in [0.1, 0.15) is 64.7 Å². The minimum absolute atomic E-state index is 0.338. The number of carbonyl (C=O) groups is 2. The Labute approximate surface area is 133 Å². The third-order valence-corrected chi connectivity index (χ3v) is 3.90. The Hall–Kier alpha value is -1.58. The van der Waals surface area contributed by atoms with E-state index < -0.39 is 17.9 Å². The first-order valence-corrected chi connectivity index (χ1v) is 8.26. The van der Waals surface area contributed by atoms with E-state index in [0.717, 1.165) is 25.7 Å². The molecule has 0 aromatic rings. The molecule has 126 valence electrons. The Kier molecular flexibility index (Phi) is 12.2. The molecule has 0 saturated carbocycles. The van der Waals surface area contributed by atoms with Crippen LogP contribution in [0.4, 0.5) is 0 Å². The molecule has 0 spiro atoms. The lowest BCUT2D eigenvalue weighted by atomic mass is 9.91. The van der Waals surface area contributed by atoms with E-state index >= 15 is 0 Å². The molecule has 0 saturated heterocycles. The topological polar surface area (TPSA) is 74.6 Å². The van der Waals surface area contributed by atoms with Gasteiger partial charge < -0.3 is 10.2 Å². The monoisotopic (exact) mass is 310 g/mol. The van der Waals surface area contributed by atoms with Gasteiger partial charge in [-0.1, -0.05) is 63.8 Å². The molecule has 0 aliphatic heterocycles. The average molecular weight is 310 g/mol. The standard InChI is InChI=1S/C18H30O4/c1-3-5-7-9-12-16(18(21)22)14-10-13-15(17(19)20)11-8-6-4-2/h4,6,8,15-16H,2-3,5,7,9-14H2,1H3,(H,19,20)(H,21,22). The molecule has 0 fully saturated rings. The fourth-order valence-corrected chi connectivity index (χ4v) is 2.50. The van der Waals surface area contributed by atoms with Crippen molar-refractivity contribution in [2.75, 3.05) is 0 Å². The maximum absolute atomic E-state index is 11.2. The van der Waals surface area contributed by atoms with Gasteiger partial charge in [-0.25, -0.2) is 0 Å². The summed E-state index contributed by atoms with van der Waals surface area (Å²) in [6.45, 7) is 5.68. The lowest BCUT2D eigenvalue weighted by Gasteiger charge is -2.14. The molecule has 2 N–H and O–H groups in total. The number of carboxylic acids is 2. The van der Waals surface area contributed by atoms with Gasteiger partial charge in [-0.05, 0) is 25.7 Å². The zero-order chi connectivity index (χ0) is 16.8. The van der Waals surface area contributed by atoms with Gasteiger partial charge in [0.15, 0.2) is 0 Å². The molecule has 0 bridgehead atoms. The van der Waals surface area contributed by atoms with Gasteiger partial charge in [0, 0.05) is 0 Å². The van der Waals surface area contributed by atoms with Crippen LogP contribution in [0, 0.1) is 11.8 Å². The highest BCUT2D eigenvalue weighted by Crippen LogP contribution is 2.21. The Morgan fingerprint density at radius 2 is 1.55 bits per heavy atom. The van der Waals surface area contributed by atoms with Crippen molar-refractivity contribution in [2.24, 2.45) is 11.8 Å². The summed E-state index contributed by atoms with van der Waals surface area (Å²) in [5.41, 5.74) is 0. The first-order chi connectivity index (χ1) is 10.5. The summed E-state index contributed by atoms with van der Waals surface area (Å²) in [7, 11) is 0. The molecule has 22 heavy (non-hydrogen) atoms. The summed E-state index contributed by atoms with van der Waals surface area (Å²) in [6, 6.07) is 0. The minimum Gasteiger partial charge on any atom is -0.481 e.